The van der Waals surface area contributed by atoms with Crippen molar-refractivity contribution >= 4 is 5.91 Å². The van der Waals surface area contributed by atoms with Gasteiger partial charge in [-0.25, -0.2) is 0 Å². The Bertz CT molecular complexity index is 492. The lowest BCUT2D eigenvalue weighted by Crippen LogP contribution is -2.60. The fourth-order valence-electron chi connectivity index (χ4n) is 3.61. The summed E-state index contributed by atoms with van der Waals surface area (Å²) in [6, 6.07) is 3.57. The number of aromatic nitrogens is 1. The zero-order chi connectivity index (χ0) is 14.2. The molecule has 0 bridgehead atoms. The Morgan fingerprint density at radius 1 is 1.20 bits per heavy atom. The predicted molar refractivity (Wildman–Crippen MR) is 76.5 cm³/mol. The summed E-state index contributed by atoms with van der Waals surface area (Å²) in [7, 11) is 0. The first-order chi connectivity index (χ1) is 9.50. The molecule has 4 heteroatoms. The molecule has 1 aromatic heterocycles. The van der Waals surface area contributed by atoms with E-state index in [0.717, 1.165) is 19.4 Å². The minimum atomic E-state index is -0.273. The molecule has 1 aliphatic heterocycles. The van der Waals surface area contributed by atoms with Gasteiger partial charge in [-0.15, -0.1) is 0 Å². The second kappa shape index (κ2) is 4.85. The largest absolute Gasteiger partial charge is 0.365 e. The standard InChI is InChI=1S/C16H22N2O2/c1-15(2)11-18(12-16(20-15)7-3-4-8-16)14(19)13-5-9-17-10-6-13/h5-6,9-10H,3-4,7-8,11-12H2,1-2H3. The van der Waals surface area contributed by atoms with E-state index in [2.05, 4.69) is 18.8 Å². The maximum Gasteiger partial charge on any atom is 0.254 e. The normalized spacial score (nSPS) is 24.0. The Labute approximate surface area is 120 Å². The smallest absolute Gasteiger partial charge is 0.254 e. The van der Waals surface area contributed by atoms with E-state index in [1.165, 1.54) is 12.8 Å². The van der Waals surface area contributed by atoms with Gasteiger partial charge in [0.15, 0.2) is 0 Å². The van der Waals surface area contributed by atoms with E-state index in [9.17, 15) is 4.79 Å². The van der Waals surface area contributed by atoms with Crippen LogP contribution in [0.15, 0.2) is 24.5 Å². The van der Waals surface area contributed by atoms with Gasteiger partial charge in [0.1, 0.15) is 0 Å². The first-order valence-electron chi connectivity index (χ1n) is 7.39. The molecular weight excluding hydrogens is 252 g/mol. The van der Waals surface area contributed by atoms with Crippen LogP contribution in [0.4, 0.5) is 0 Å². The van der Waals surface area contributed by atoms with E-state index in [0.29, 0.717) is 12.1 Å². The maximum atomic E-state index is 12.7. The topological polar surface area (TPSA) is 42.4 Å². The van der Waals surface area contributed by atoms with Crippen LogP contribution in [0.25, 0.3) is 0 Å². The highest BCUT2D eigenvalue weighted by Crippen LogP contribution is 2.40. The van der Waals surface area contributed by atoms with Crippen molar-refractivity contribution in [2.45, 2.75) is 50.7 Å². The Hall–Kier alpha value is -1.42. The second-order valence-electron chi connectivity index (χ2n) is 6.65. The number of hydrogen-bond donors (Lipinski definition) is 0. The summed E-state index contributed by atoms with van der Waals surface area (Å²) in [5, 5.41) is 0. The van der Waals surface area contributed by atoms with Gasteiger partial charge in [-0.2, -0.15) is 0 Å². The first-order valence-corrected chi connectivity index (χ1v) is 7.39. The summed E-state index contributed by atoms with van der Waals surface area (Å²) < 4.78 is 6.33. The van der Waals surface area contributed by atoms with Crippen molar-refractivity contribution in [2.75, 3.05) is 13.1 Å². The monoisotopic (exact) mass is 274 g/mol. The van der Waals surface area contributed by atoms with E-state index < -0.39 is 0 Å². The van der Waals surface area contributed by atoms with Crippen LogP contribution in [0.5, 0.6) is 0 Å². The van der Waals surface area contributed by atoms with Crippen LogP contribution >= 0.6 is 0 Å². The molecule has 2 fully saturated rings. The van der Waals surface area contributed by atoms with Gasteiger partial charge in [-0.3, -0.25) is 9.78 Å². The molecular formula is C16H22N2O2. The van der Waals surface area contributed by atoms with Crippen molar-refractivity contribution < 1.29 is 9.53 Å². The number of rotatable bonds is 1. The van der Waals surface area contributed by atoms with Crippen LogP contribution in [0.1, 0.15) is 49.9 Å². The summed E-state index contributed by atoms with van der Waals surface area (Å²) in [6.07, 6.45) is 7.88. The Balaban J connectivity index is 1.84. The fourth-order valence-corrected chi connectivity index (χ4v) is 3.61. The predicted octanol–water partition coefficient (Wildman–Crippen LogP) is 2.65. The van der Waals surface area contributed by atoms with Crippen LogP contribution in [0.2, 0.25) is 0 Å². The molecule has 1 saturated heterocycles. The molecule has 2 aliphatic rings. The molecule has 0 radical (unpaired) electrons. The lowest BCUT2D eigenvalue weighted by Gasteiger charge is -2.48. The molecule has 0 unspecified atom stereocenters. The number of carbonyl (C=O) groups is 1. The average molecular weight is 274 g/mol. The Morgan fingerprint density at radius 2 is 1.85 bits per heavy atom. The SMILES string of the molecule is CC1(C)CN(C(=O)c2ccncc2)CC2(CCCC2)O1. The van der Waals surface area contributed by atoms with Crippen molar-refractivity contribution in [3.8, 4) is 0 Å². The quantitative estimate of drug-likeness (QED) is 0.790. The van der Waals surface area contributed by atoms with Gasteiger partial charge in [0, 0.05) is 24.5 Å². The maximum absolute atomic E-state index is 12.7. The van der Waals surface area contributed by atoms with Crippen LogP contribution in [0, 0.1) is 0 Å². The summed E-state index contributed by atoms with van der Waals surface area (Å²) in [5.41, 5.74) is 0.321. The number of nitrogens with zero attached hydrogens (tertiary/aromatic N) is 2. The number of carbonyl (C=O) groups excluding carboxylic acids is 1. The van der Waals surface area contributed by atoms with E-state index in [1.54, 1.807) is 24.5 Å². The van der Waals surface area contributed by atoms with Crippen LogP contribution in [-0.4, -0.2) is 40.1 Å². The summed E-state index contributed by atoms with van der Waals surface area (Å²) in [4.78, 5) is 18.6. The van der Waals surface area contributed by atoms with Gasteiger partial charge < -0.3 is 9.64 Å². The summed E-state index contributed by atoms with van der Waals surface area (Å²) in [6.45, 7) is 5.53. The molecule has 1 aliphatic carbocycles. The number of ether oxygens (including phenoxy) is 1. The van der Waals surface area contributed by atoms with Gasteiger partial charge in [-0.1, -0.05) is 12.8 Å². The van der Waals surface area contributed by atoms with Crippen LogP contribution in [0.3, 0.4) is 0 Å². The molecule has 1 saturated carbocycles. The van der Waals surface area contributed by atoms with Gasteiger partial charge in [-0.05, 0) is 38.8 Å². The van der Waals surface area contributed by atoms with Crippen LogP contribution < -0.4 is 0 Å². The third-order valence-corrected chi connectivity index (χ3v) is 4.27. The van der Waals surface area contributed by atoms with Gasteiger partial charge in [0.05, 0.1) is 17.7 Å². The zero-order valence-corrected chi connectivity index (χ0v) is 12.3. The summed E-state index contributed by atoms with van der Waals surface area (Å²) in [5.74, 6) is 0.0926. The third-order valence-electron chi connectivity index (χ3n) is 4.27. The van der Waals surface area contributed by atoms with Gasteiger partial charge in [0.25, 0.3) is 5.91 Å². The van der Waals surface area contributed by atoms with Crippen LogP contribution in [-0.2, 0) is 4.74 Å². The van der Waals surface area contributed by atoms with E-state index >= 15 is 0 Å². The molecule has 20 heavy (non-hydrogen) atoms. The van der Waals surface area contributed by atoms with E-state index in [1.807, 2.05) is 4.90 Å². The molecule has 1 spiro atoms. The molecule has 0 aromatic carbocycles. The molecule has 108 valence electrons. The average Bonchev–Trinajstić information content (AvgIpc) is 2.84. The minimum Gasteiger partial charge on any atom is -0.365 e. The second-order valence-corrected chi connectivity index (χ2v) is 6.65. The minimum absolute atomic E-state index is 0.0926. The molecule has 3 rings (SSSR count). The highest BCUT2D eigenvalue weighted by Gasteiger charge is 2.47. The van der Waals surface area contributed by atoms with Crippen molar-refractivity contribution in [1.82, 2.24) is 9.88 Å². The number of pyridine rings is 1. The van der Waals surface area contributed by atoms with Gasteiger partial charge >= 0.3 is 0 Å². The molecule has 1 amide bonds. The van der Waals surface area contributed by atoms with Crippen molar-refractivity contribution in [1.29, 1.82) is 0 Å². The van der Waals surface area contributed by atoms with Gasteiger partial charge in [0.2, 0.25) is 0 Å². The molecule has 4 nitrogen and oxygen atoms in total. The number of amides is 1. The van der Waals surface area contributed by atoms with Crippen molar-refractivity contribution in [2.24, 2.45) is 0 Å². The number of morpholine rings is 1. The highest BCUT2D eigenvalue weighted by molar-refractivity contribution is 5.94. The third kappa shape index (κ3) is 2.57. The van der Waals surface area contributed by atoms with E-state index in [-0.39, 0.29) is 17.1 Å². The lowest BCUT2D eigenvalue weighted by atomic mass is 9.93. The Kier molecular flexibility index (Phi) is 3.28. The zero-order valence-electron chi connectivity index (χ0n) is 12.3. The molecule has 0 N–H and O–H groups in total. The molecule has 0 atom stereocenters. The van der Waals surface area contributed by atoms with E-state index in [4.69, 9.17) is 4.74 Å². The fraction of sp³-hybridized carbons (Fsp3) is 0.625. The molecule has 1 aromatic rings. The first kappa shape index (κ1) is 13.6. The lowest BCUT2D eigenvalue weighted by molar-refractivity contribution is -0.184. The Morgan fingerprint density at radius 3 is 2.50 bits per heavy atom. The summed E-state index contributed by atoms with van der Waals surface area (Å²) >= 11 is 0. The van der Waals surface area contributed by atoms with Crippen molar-refractivity contribution in [3.05, 3.63) is 30.1 Å². The van der Waals surface area contributed by atoms with Crippen molar-refractivity contribution in [3.63, 3.8) is 0 Å². The highest BCUT2D eigenvalue weighted by atomic mass is 16.5. The number of hydrogen-bond acceptors (Lipinski definition) is 3. The molecule has 2 heterocycles.